The van der Waals surface area contributed by atoms with Crippen molar-refractivity contribution in [1.29, 1.82) is 0 Å². The number of rotatable bonds is 6. The van der Waals surface area contributed by atoms with E-state index < -0.39 is 0 Å². The van der Waals surface area contributed by atoms with E-state index in [1.165, 1.54) is 22.3 Å². The van der Waals surface area contributed by atoms with Crippen molar-refractivity contribution in [3.63, 3.8) is 0 Å². The van der Waals surface area contributed by atoms with Crippen LogP contribution in [0, 0.1) is 0 Å². The van der Waals surface area contributed by atoms with Gasteiger partial charge in [-0.2, -0.15) is 4.98 Å². The second-order valence-electron chi connectivity index (χ2n) is 8.40. The number of hydrogen-bond acceptors (Lipinski definition) is 6. The molecule has 0 saturated heterocycles. The molecule has 0 atom stereocenters. The van der Waals surface area contributed by atoms with Gasteiger partial charge in [-0.1, -0.05) is 45.0 Å². The van der Waals surface area contributed by atoms with Crippen molar-refractivity contribution in [3.05, 3.63) is 75.2 Å². The molecule has 3 aromatic heterocycles. The summed E-state index contributed by atoms with van der Waals surface area (Å²) < 4.78 is 3.14. The van der Waals surface area contributed by atoms with Crippen molar-refractivity contribution >= 4 is 11.6 Å². The zero-order valence-corrected chi connectivity index (χ0v) is 17.8. The highest BCUT2D eigenvalue weighted by molar-refractivity contribution is 5.60. The number of H-pyrrole nitrogens is 1. The molecule has 0 saturated carbocycles. The Kier molecular flexibility index (Phi) is 5.41. The zero-order chi connectivity index (χ0) is 22.0. The molecule has 9 nitrogen and oxygen atoms in total. The van der Waals surface area contributed by atoms with Gasteiger partial charge in [-0.25, -0.2) is 9.50 Å². The molecule has 0 unspecified atom stereocenters. The van der Waals surface area contributed by atoms with Crippen LogP contribution in [-0.4, -0.2) is 35.7 Å². The molecule has 3 heterocycles. The van der Waals surface area contributed by atoms with Crippen molar-refractivity contribution in [2.75, 3.05) is 11.9 Å². The minimum Gasteiger partial charge on any atom is -0.354 e. The molecule has 2 N–H and O–H groups in total. The molecular formula is C22H25N7O2. The van der Waals surface area contributed by atoms with Gasteiger partial charge in [0.2, 0.25) is 5.95 Å². The topological polar surface area (TPSA) is 110 Å². The van der Waals surface area contributed by atoms with Gasteiger partial charge in [-0.05, 0) is 17.4 Å². The van der Waals surface area contributed by atoms with Gasteiger partial charge in [-0.3, -0.25) is 19.7 Å². The van der Waals surface area contributed by atoms with E-state index in [-0.39, 0.29) is 16.5 Å². The summed E-state index contributed by atoms with van der Waals surface area (Å²) in [4.78, 5) is 36.6. The lowest BCUT2D eigenvalue weighted by Gasteiger charge is -2.19. The highest BCUT2D eigenvalue weighted by Gasteiger charge is 2.15. The maximum atomic E-state index is 11.9. The standard InChI is InChI=1S/C22H25N7O2/c1-22(2,3)16-7-5-15(6-8-16)20-25-17-13-18(30)27-29(17)21(26-20)24-9-4-11-28-12-10-23-14-19(28)31/h5-8,10,12-14H,4,9,11H2,1-3H3,(H,27,30)(H,24,25,26). The SMILES string of the molecule is CC(C)(C)c1ccc(-c2nc(NCCCn3ccncc3=O)n3[nH]c(=O)cc3n2)cc1. The third kappa shape index (κ3) is 4.55. The van der Waals surface area contributed by atoms with E-state index in [9.17, 15) is 9.59 Å². The van der Waals surface area contributed by atoms with Gasteiger partial charge in [-0.15, -0.1) is 0 Å². The Bertz CT molecular complexity index is 1310. The Morgan fingerprint density at radius 2 is 1.87 bits per heavy atom. The van der Waals surface area contributed by atoms with Crippen molar-refractivity contribution in [1.82, 2.24) is 29.1 Å². The molecule has 0 aliphatic heterocycles. The van der Waals surface area contributed by atoms with E-state index in [2.05, 4.69) is 58.3 Å². The third-order valence-electron chi connectivity index (χ3n) is 5.02. The van der Waals surface area contributed by atoms with Gasteiger partial charge in [0, 0.05) is 37.1 Å². The Hall–Kier alpha value is -3.75. The first-order valence-corrected chi connectivity index (χ1v) is 10.2. The molecular weight excluding hydrogens is 394 g/mol. The van der Waals surface area contributed by atoms with Crippen LogP contribution in [0.2, 0.25) is 0 Å². The number of nitrogens with one attached hydrogen (secondary N) is 2. The summed E-state index contributed by atoms with van der Waals surface area (Å²) in [5, 5.41) is 5.96. The van der Waals surface area contributed by atoms with E-state index in [0.717, 1.165) is 5.56 Å². The Morgan fingerprint density at radius 3 is 2.58 bits per heavy atom. The van der Waals surface area contributed by atoms with Gasteiger partial charge < -0.3 is 9.88 Å². The fraction of sp³-hybridized carbons (Fsp3) is 0.318. The summed E-state index contributed by atoms with van der Waals surface area (Å²) in [6, 6.07) is 9.58. The molecule has 0 amide bonds. The molecule has 0 radical (unpaired) electrons. The first kappa shape index (κ1) is 20.5. The minimum absolute atomic E-state index is 0.0563. The minimum atomic E-state index is -0.249. The summed E-state index contributed by atoms with van der Waals surface area (Å²) in [5.74, 6) is 1.02. The lowest BCUT2D eigenvalue weighted by atomic mass is 9.87. The lowest BCUT2D eigenvalue weighted by Crippen LogP contribution is -2.20. The van der Waals surface area contributed by atoms with E-state index in [0.29, 0.717) is 36.9 Å². The van der Waals surface area contributed by atoms with Crippen LogP contribution < -0.4 is 16.4 Å². The van der Waals surface area contributed by atoms with Crippen LogP contribution in [0.3, 0.4) is 0 Å². The average molecular weight is 419 g/mol. The number of anilines is 1. The molecule has 4 aromatic rings. The van der Waals surface area contributed by atoms with Crippen molar-refractivity contribution in [3.8, 4) is 11.4 Å². The van der Waals surface area contributed by atoms with Crippen LogP contribution in [0.1, 0.15) is 32.8 Å². The number of aryl methyl sites for hydroxylation is 1. The van der Waals surface area contributed by atoms with Crippen LogP contribution >= 0.6 is 0 Å². The van der Waals surface area contributed by atoms with Gasteiger partial charge in [0.15, 0.2) is 11.5 Å². The largest absolute Gasteiger partial charge is 0.354 e. The first-order valence-electron chi connectivity index (χ1n) is 10.2. The predicted octanol–water partition coefficient (Wildman–Crippen LogP) is 2.44. The third-order valence-corrected chi connectivity index (χ3v) is 5.02. The number of fused-ring (bicyclic) bond motifs is 1. The number of benzene rings is 1. The van der Waals surface area contributed by atoms with Crippen molar-refractivity contribution in [2.45, 2.75) is 39.2 Å². The number of aromatic nitrogens is 6. The highest BCUT2D eigenvalue weighted by atomic mass is 16.1. The Labute approximate surface area is 178 Å². The van der Waals surface area contributed by atoms with E-state index >= 15 is 0 Å². The predicted molar refractivity (Wildman–Crippen MR) is 119 cm³/mol. The molecule has 0 fully saturated rings. The average Bonchev–Trinajstić information content (AvgIpc) is 3.12. The van der Waals surface area contributed by atoms with Crippen molar-refractivity contribution in [2.24, 2.45) is 0 Å². The summed E-state index contributed by atoms with van der Waals surface area (Å²) in [7, 11) is 0. The van der Waals surface area contributed by atoms with Crippen LogP contribution in [-0.2, 0) is 12.0 Å². The highest BCUT2D eigenvalue weighted by Crippen LogP contribution is 2.25. The van der Waals surface area contributed by atoms with Gasteiger partial charge in [0.25, 0.3) is 11.1 Å². The number of nitrogens with zero attached hydrogens (tertiary/aromatic N) is 5. The van der Waals surface area contributed by atoms with Crippen LogP contribution in [0.25, 0.3) is 17.0 Å². The second kappa shape index (κ2) is 8.17. The molecule has 1 aromatic carbocycles. The fourth-order valence-corrected chi connectivity index (χ4v) is 3.28. The van der Waals surface area contributed by atoms with Gasteiger partial charge >= 0.3 is 0 Å². The van der Waals surface area contributed by atoms with E-state index in [1.807, 2.05) is 12.1 Å². The molecule has 4 rings (SSSR count). The number of aromatic amines is 1. The molecule has 0 bridgehead atoms. The maximum absolute atomic E-state index is 11.9. The van der Waals surface area contributed by atoms with Crippen LogP contribution in [0.15, 0.2) is 58.5 Å². The number of hydrogen-bond donors (Lipinski definition) is 2. The molecule has 0 aliphatic carbocycles. The van der Waals surface area contributed by atoms with Gasteiger partial charge in [0.05, 0.1) is 6.20 Å². The van der Waals surface area contributed by atoms with Crippen LogP contribution in [0.4, 0.5) is 5.95 Å². The Morgan fingerprint density at radius 1 is 1.10 bits per heavy atom. The lowest BCUT2D eigenvalue weighted by molar-refractivity contribution is 0.590. The van der Waals surface area contributed by atoms with Crippen molar-refractivity contribution < 1.29 is 0 Å². The zero-order valence-electron chi connectivity index (χ0n) is 17.8. The first-order chi connectivity index (χ1) is 14.8. The van der Waals surface area contributed by atoms with E-state index in [4.69, 9.17) is 0 Å². The Balaban J connectivity index is 1.57. The normalized spacial score (nSPS) is 11.7. The summed E-state index contributed by atoms with van der Waals surface area (Å²) in [5.41, 5.74) is 2.25. The quantitative estimate of drug-likeness (QED) is 0.465. The summed E-state index contributed by atoms with van der Waals surface area (Å²) in [6.45, 7) is 7.60. The summed E-state index contributed by atoms with van der Waals surface area (Å²) in [6.07, 6.45) is 5.23. The second-order valence-corrected chi connectivity index (χ2v) is 8.40. The van der Waals surface area contributed by atoms with Gasteiger partial charge in [0.1, 0.15) is 0 Å². The molecule has 31 heavy (non-hydrogen) atoms. The molecule has 0 aliphatic rings. The maximum Gasteiger partial charge on any atom is 0.268 e. The fourth-order valence-electron chi connectivity index (χ4n) is 3.28. The molecule has 0 spiro atoms. The smallest absolute Gasteiger partial charge is 0.268 e. The molecule has 9 heteroatoms. The summed E-state index contributed by atoms with van der Waals surface area (Å²) >= 11 is 0. The monoisotopic (exact) mass is 419 g/mol. The van der Waals surface area contributed by atoms with E-state index in [1.54, 1.807) is 17.0 Å². The molecule has 160 valence electrons. The van der Waals surface area contributed by atoms with Crippen LogP contribution in [0.5, 0.6) is 0 Å².